The van der Waals surface area contributed by atoms with Crippen LogP contribution in [0.2, 0.25) is 0 Å². The summed E-state index contributed by atoms with van der Waals surface area (Å²) < 4.78 is 0. The molecule has 6 nitrogen and oxygen atoms in total. The first-order chi connectivity index (χ1) is 11.7. The van der Waals surface area contributed by atoms with Gasteiger partial charge in [-0.15, -0.1) is 0 Å². The number of piperazine rings is 1. The number of carbonyl (C=O) groups excluding carboxylic acids is 1. The lowest BCUT2D eigenvalue weighted by atomic mass is 9.94. The first-order valence-corrected chi connectivity index (χ1v) is 9.17. The van der Waals surface area contributed by atoms with E-state index in [0.717, 1.165) is 70.2 Å². The van der Waals surface area contributed by atoms with Crippen molar-refractivity contribution in [2.45, 2.75) is 32.6 Å². The van der Waals surface area contributed by atoms with Crippen molar-refractivity contribution in [2.75, 3.05) is 52.4 Å². The Hall–Kier alpha value is -1.53. The molecule has 0 N–H and O–H groups in total. The maximum atomic E-state index is 12.7. The predicted octanol–water partition coefficient (Wildman–Crippen LogP) is 1.13. The van der Waals surface area contributed by atoms with Crippen molar-refractivity contribution >= 4 is 5.91 Å². The standard InChI is InChI=1S/C18H29N5O/c1-3-21-9-11-22(12-10-21)14-18(24)23-8-4-5-16(13-23)17-6-7-19-15(2)20-17/h6-7,16H,3-5,8-14H2,1-2H3/t16-/m1/s1. The number of aromatic nitrogens is 2. The van der Waals surface area contributed by atoms with Crippen LogP contribution in [0.4, 0.5) is 0 Å². The van der Waals surface area contributed by atoms with Crippen LogP contribution in [-0.4, -0.2) is 82.9 Å². The Labute approximate surface area is 144 Å². The summed E-state index contributed by atoms with van der Waals surface area (Å²) in [6.45, 7) is 11.6. The Kier molecular flexibility index (Phi) is 5.79. The van der Waals surface area contributed by atoms with Gasteiger partial charge in [0.25, 0.3) is 0 Å². The first kappa shape index (κ1) is 17.3. The number of likely N-dealkylation sites (tertiary alicyclic amines) is 1. The number of carbonyl (C=O) groups is 1. The molecule has 3 heterocycles. The molecule has 0 unspecified atom stereocenters. The van der Waals surface area contributed by atoms with Crippen LogP contribution in [0.1, 0.15) is 37.2 Å². The smallest absolute Gasteiger partial charge is 0.236 e. The largest absolute Gasteiger partial charge is 0.341 e. The summed E-state index contributed by atoms with van der Waals surface area (Å²) in [5.41, 5.74) is 1.08. The number of aryl methyl sites for hydroxylation is 1. The summed E-state index contributed by atoms with van der Waals surface area (Å²) in [6.07, 6.45) is 3.99. The van der Waals surface area contributed by atoms with E-state index in [4.69, 9.17) is 0 Å². The number of hydrogen-bond donors (Lipinski definition) is 0. The Morgan fingerprint density at radius 1 is 1.21 bits per heavy atom. The van der Waals surface area contributed by atoms with Gasteiger partial charge in [0.1, 0.15) is 5.82 Å². The minimum Gasteiger partial charge on any atom is -0.341 e. The van der Waals surface area contributed by atoms with Crippen LogP contribution in [0.25, 0.3) is 0 Å². The van der Waals surface area contributed by atoms with Crippen LogP contribution in [0.3, 0.4) is 0 Å². The molecule has 0 aliphatic carbocycles. The molecule has 2 aliphatic rings. The molecular formula is C18H29N5O. The van der Waals surface area contributed by atoms with E-state index in [2.05, 4.69) is 26.7 Å². The molecule has 1 aromatic heterocycles. The zero-order valence-corrected chi connectivity index (χ0v) is 14.9. The molecule has 2 aliphatic heterocycles. The molecule has 0 saturated carbocycles. The molecule has 0 radical (unpaired) electrons. The lowest BCUT2D eigenvalue weighted by Gasteiger charge is -2.37. The molecule has 2 saturated heterocycles. The van der Waals surface area contributed by atoms with E-state index in [0.29, 0.717) is 12.5 Å². The fourth-order valence-electron chi connectivity index (χ4n) is 3.70. The van der Waals surface area contributed by atoms with Gasteiger partial charge >= 0.3 is 0 Å². The highest BCUT2D eigenvalue weighted by molar-refractivity contribution is 5.78. The Bertz CT molecular complexity index is 556. The van der Waals surface area contributed by atoms with Crippen LogP contribution in [0.5, 0.6) is 0 Å². The van der Waals surface area contributed by atoms with E-state index in [9.17, 15) is 4.79 Å². The molecule has 24 heavy (non-hydrogen) atoms. The Balaban J connectivity index is 1.53. The molecule has 1 amide bonds. The number of hydrogen-bond acceptors (Lipinski definition) is 5. The van der Waals surface area contributed by atoms with Crippen LogP contribution >= 0.6 is 0 Å². The topological polar surface area (TPSA) is 52.6 Å². The maximum absolute atomic E-state index is 12.7. The molecular weight excluding hydrogens is 302 g/mol. The molecule has 1 aromatic rings. The van der Waals surface area contributed by atoms with Gasteiger partial charge in [0, 0.05) is 57.1 Å². The number of likely N-dealkylation sites (N-methyl/N-ethyl adjacent to an activating group) is 1. The zero-order chi connectivity index (χ0) is 16.9. The highest BCUT2D eigenvalue weighted by Crippen LogP contribution is 2.25. The third-order valence-corrected chi connectivity index (χ3v) is 5.26. The van der Waals surface area contributed by atoms with Crippen molar-refractivity contribution in [3.8, 4) is 0 Å². The summed E-state index contributed by atoms with van der Waals surface area (Å²) >= 11 is 0. The molecule has 132 valence electrons. The van der Waals surface area contributed by atoms with Crippen LogP contribution < -0.4 is 0 Å². The molecule has 6 heteroatoms. The number of nitrogens with zero attached hydrogens (tertiary/aromatic N) is 5. The lowest BCUT2D eigenvalue weighted by molar-refractivity contribution is -0.134. The van der Waals surface area contributed by atoms with E-state index in [1.807, 2.05) is 24.1 Å². The third kappa shape index (κ3) is 4.30. The molecule has 0 bridgehead atoms. The molecule has 0 spiro atoms. The van der Waals surface area contributed by atoms with Gasteiger partial charge in [0.15, 0.2) is 0 Å². The summed E-state index contributed by atoms with van der Waals surface area (Å²) in [5.74, 6) is 1.43. The Morgan fingerprint density at radius 3 is 2.67 bits per heavy atom. The summed E-state index contributed by atoms with van der Waals surface area (Å²) in [4.78, 5) is 28.2. The number of piperidine rings is 1. The normalized spacial score (nSPS) is 23.4. The second-order valence-corrected chi connectivity index (χ2v) is 6.92. The average molecular weight is 331 g/mol. The number of amides is 1. The van der Waals surface area contributed by atoms with Crippen molar-refractivity contribution in [3.63, 3.8) is 0 Å². The van der Waals surface area contributed by atoms with Crippen molar-refractivity contribution in [1.82, 2.24) is 24.7 Å². The van der Waals surface area contributed by atoms with Gasteiger partial charge in [0.2, 0.25) is 5.91 Å². The van der Waals surface area contributed by atoms with Gasteiger partial charge in [-0.3, -0.25) is 9.69 Å². The minimum atomic E-state index is 0.274. The van der Waals surface area contributed by atoms with Gasteiger partial charge in [-0.05, 0) is 32.4 Å². The second kappa shape index (κ2) is 8.03. The minimum absolute atomic E-state index is 0.274. The van der Waals surface area contributed by atoms with E-state index in [-0.39, 0.29) is 5.91 Å². The summed E-state index contributed by atoms with van der Waals surface area (Å²) in [6, 6.07) is 2.00. The highest BCUT2D eigenvalue weighted by atomic mass is 16.2. The van der Waals surface area contributed by atoms with Crippen molar-refractivity contribution in [3.05, 3.63) is 23.8 Å². The lowest BCUT2D eigenvalue weighted by Crippen LogP contribution is -2.51. The zero-order valence-electron chi connectivity index (χ0n) is 14.9. The SMILES string of the molecule is CCN1CCN(CC(=O)N2CCC[C@@H](c3ccnc(C)n3)C2)CC1. The van der Waals surface area contributed by atoms with Crippen molar-refractivity contribution in [1.29, 1.82) is 0 Å². The van der Waals surface area contributed by atoms with Crippen molar-refractivity contribution < 1.29 is 4.79 Å². The summed E-state index contributed by atoms with van der Waals surface area (Å²) in [7, 11) is 0. The fourth-order valence-corrected chi connectivity index (χ4v) is 3.70. The van der Waals surface area contributed by atoms with E-state index in [1.165, 1.54) is 0 Å². The van der Waals surface area contributed by atoms with E-state index >= 15 is 0 Å². The fraction of sp³-hybridized carbons (Fsp3) is 0.722. The number of rotatable bonds is 4. The quantitative estimate of drug-likeness (QED) is 0.828. The molecule has 1 atom stereocenters. The van der Waals surface area contributed by atoms with Crippen LogP contribution in [-0.2, 0) is 4.79 Å². The molecule has 3 rings (SSSR count). The van der Waals surface area contributed by atoms with Crippen LogP contribution in [0, 0.1) is 6.92 Å². The average Bonchev–Trinajstić information content (AvgIpc) is 2.62. The Morgan fingerprint density at radius 2 is 1.96 bits per heavy atom. The third-order valence-electron chi connectivity index (χ3n) is 5.26. The molecule has 0 aromatic carbocycles. The first-order valence-electron chi connectivity index (χ1n) is 9.17. The van der Waals surface area contributed by atoms with E-state index in [1.54, 1.807) is 0 Å². The van der Waals surface area contributed by atoms with Crippen LogP contribution in [0.15, 0.2) is 12.3 Å². The van der Waals surface area contributed by atoms with Crippen molar-refractivity contribution in [2.24, 2.45) is 0 Å². The van der Waals surface area contributed by atoms with E-state index < -0.39 is 0 Å². The monoisotopic (exact) mass is 331 g/mol. The van der Waals surface area contributed by atoms with Gasteiger partial charge in [-0.1, -0.05) is 6.92 Å². The molecule has 2 fully saturated rings. The maximum Gasteiger partial charge on any atom is 0.236 e. The highest BCUT2D eigenvalue weighted by Gasteiger charge is 2.27. The summed E-state index contributed by atoms with van der Waals surface area (Å²) in [5, 5.41) is 0. The van der Waals surface area contributed by atoms with Gasteiger partial charge in [-0.25, -0.2) is 9.97 Å². The second-order valence-electron chi connectivity index (χ2n) is 6.92. The van der Waals surface area contributed by atoms with Gasteiger partial charge in [-0.2, -0.15) is 0 Å². The van der Waals surface area contributed by atoms with Gasteiger partial charge in [0.05, 0.1) is 6.54 Å². The van der Waals surface area contributed by atoms with Gasteiger partial charge < -0.3 is 9.80 Å². The predicted molar refractivity (Wildman–Crippen MR) is 93.9 cm³/mol.